The van der Waals surface area contributed by atoms with Gasteiger partial charge < -0.3 is 11.1 Å². The molecule has 0 saturated heterocycles. The number of rotatable bonds is 2. The molecule has 0 unspecified atom stereocenters. The van der Waals surface area contributed by atoms with E-state index in [-0.39, 0.29) is 11.5 Å². The number of anilines is 2. The first kappa shape index (κ1) is 10.4. The molecule has 0 atom stereocenters. The molecule has 1 heterocycles. The van der Waals surface area contributed by atoms with Crippen molar-refractivity contribution in [1.82, 2.24) is 10.3 Å². The molecule has 3 N–H and O–H groups in total. The molecule has 0 spiro atoms. The van der Waals surface area contributed by atoms with Crippen molar-refractivity contribution in [2.45, 2.75) is 0 Å². The van der Waals surface area contributed by atoms with Crippen LogP contribution in [0.1, 0.15) is 10.5 Å². The highest BCUT2D eigenvalue weighted by Crippen LogP contribution is 2.15. The molecular weight excluding hydrogens is 232 g/mol. The molecule has 82 valence electrons. The maximum absolute atomic E-state index is 11.6. The van der Waals surface area contributed by atoms with E-state index in [2.05, 4.69) is 20.3 Å². The van der Waals surface area contributed by atoms with Crippen LogP contribution < -0.4 is 11.1 Å². The third kappa shape index (κ3) is 2.12. The van der Waals surface area contributed by atoms with Gasteiger partial charge in [0.25, 0.3) is 5.91 Å². The largest absolute Gasteiger partial charge is 0.379 e. The molecule has 6 nitrogen and oxygen atoms in total. The van der Waals surface area contributed by atoms with E-state index in [9.17, 15) is 4.79 Å². The van der Waals surface area contributed by atoms with Gasteiger partial charge in [-0.15, -0.1) is 0 Å². The van der Waals surface area contributed by atoms with E-state index in [0.29, 0.717) is 10.7 Å². The number of halogens is 1. The van der Waals surface area contributed by atoms with Gasteiger partial charge in [-0.2, -0.15) is 0 Å². The lowest BCUT2D eigenvalue weighted by Gasteiger charge is -2.02. The lowest BCUT2D eigenvalue weighted by atomic mass is 10.3. The van der Waals surface area contributed by atoms with Gasteiger partial charge in [-0.1, -0.05) is 11.6 Å². The number of nitrogens with two attached hydrogens (primary N) is 1. The predicted octanol–water partition coefficient (Wildman–Crippen LogP) is 1.56. The van der Waals surface area contributed by atoms with Crippen LogP contribution in [0.4, 0.5) is 11.5 Å². The highest BCUT2D eigenvalue weighted by atomic mass is 35.5. The van der Waals surface area contributed by atoms with Gasteiger partial charge in [0, 0.05) is 10.7 Å². The number of hydrogen-bond acceptors (Lipinski definition) is 5. The van der Waals surface area contributed by atoms with E-state index >= 15 is 0 Å². The fourth-order valence-electron chi connectivity index (χ4n) is 1.08. The Morgan fingerprint density at radius 2 is 2.00 bits per heavy atom. The van der Waals surface area contributed by atoms with Crippen molar-refractivity contribution in [2.75, 3.05) is 11.1 Å². The maximum Gasteiger partial charge on any atom is 0.281 e. The Hall–Kier alpha value is -2.08. The lowest BCUT2D eigenvalue weighted by molar-refractivity contribution is 0.101. The SMILES string of the molecule is Nc1nonc1C(=O)Nc1ccc(Cl)cc1. The molecule has 0 aliphatic rings. The second-order valence-corrected chi connectivity index (χ2v) is 3.40. The van der Waals surface area contributed by atoms with Gasteiger partial charge in [0.2, 0.25) is 11.5 Å². The molecule has 0 aliphatic carbocycles. The van der Waals surface area contributed by atoms with Crippen LogP contribution in [0.3, 0.4) is 0 Å². The highest BCUT2D eigenvalue weighted by Gasteiger charge is 2.15. The van der Waals surface area contributed by atoms with Gasteiger partial charge in [0.15, 0.2) is 0 Å². The van der Waals surface area contributed by atoms with E-state index in [1.807, 2.05) is 0 Å². The van der Waals surface area contributed by atoms with Crippen molar-refractivity contribution in [1.29, 1.82) is 0 Å². The number of nitrogen functional groups attached to an aromatic ring is 1. The van der Waals surface area contributed by atoms with Gasteiger partial charge in [-0.05, 0) is 34.6 Å². The smallest absolute Gasteiger partial charge is 0.281 e. The van der Waals surface area contributed by atoms with E-state index in [1.54, 1.807) is 24.3 Å². The molecule has 7 heteroatoms. The van der Waals surface area contributed by atoms with Crippen molar-refractivity contribution in [2.24, 2.45) is 0 Å². The summed E-state index contributed by atoms with van der Waals surface area (Å²) in [5.41, 5.74) is 5.90. The van der Waals surface area contributed by atoms with E-state index < -0.39 is 5.91 Å². The van der Waals surface area contributed by atoms with Crippen LogP contribution in [0.25, 0.3) is 0 Å². The topological polar surface area (TPSA) is 94.0 Å². The summed E-state index contributed by atoms with van der Waals surface area (Å²) in [6.45, 7) is 0. The van der Waals surface area contributed by atoms with Crippen molar-refractivity contribution >= 4 is 29.0 Å². The van der Waals surface area contributed by atoms with Gasteiger partial charge in [0.1, 0.15) is 0 Å². The van der Waals surface area contributed by atoms with Crippen molar-refractivity contribution in [3.63, 3.8) is 0 Å². The van der Waals surface area contributed by atoms with Gasteiger partial charge in [-0.25, -0.2) is 4.63 Å². The summed E-state index contributed by atoms with van der Waals surface area (Å²) in [5, 5.41) is 9.84. The Balaban J connectivity index is 2.14. The summed E-state index contributed by atoms with van der Waals surface area (Å²) in [4.78, 5) is 11.6. The minimum absolute atomic E-state index is 0.0463. The molecule has 0 radical (unpaired) electrons. The lowest BCUT2D eigenvalue weighted by Crippen LogP contribution is -2.14. The van der Waals surface area contributed by atoms with Crippen LogP contribution in [-0.2, 0) is 0 Å². The Morgan fingerprint density at radius 1 is 1.31 bits per heavy atom. The maximum atomic E-state index is 11.6. The van der Waals surface area contributed by atoms with Crippen molar-refractivity contribution in [3.8, 4) is 0 Å². The zero-order chi connectivity index (χ0) is 11.5. The molecule has 0 fully saturated rings. The molecule has 0 bridgehead atoms. The van der Waals surface area contributed by atoms with Crippen LogP contribution >= 0.6 is 11.6 Å². The number of aromatic nitrogens is 2. The molecule has 1 aromatic carbocycles. The average Bonchev–Trinajstić information content (AvgIpc) is 2.68. The standard InChI is InChI=1S/C9H7ClN4O2/c10-5-1-3-6(4-2-5)12-9(15)7-8(11)14-16-13-7/h1-4H,(H2,11,14)(H,12,15). The minimum Gasteiger partial charge on any atom is -0.379 e. The third-order valence-corrected chi connectivity index (χ3v) is 2.08. The van der Waals surface area contributed by atoms with E-state index in [4.69, 9.17) is 17.3 Å². The predicted molar refractivity (Wildman–Crippen MR) is 58.1 cm³/mol. The summed E-state index contributed by atoms with van der Waals surface area (Å²) in [7, 11) is 0. The number of hydrogen-bond donors (Lipinski definition) is 2. The zero-order valence-electron chi connectivity index (χ0n) is 7.98. The second kappa shape index (κ2) is 4.19. The third-order valence-electron chi connectivity index (χ3n) is 1.83. The van der Waals surface area contributed by atoms with Crippen LogP contribution in [0.2, 0.25) is 5.02 Å². The Kier molecular flexibility index (Phi) is 2.74. The number of nitrogens with zero attached hydrogens (tertiary/aromatic N) is 2. The molecule has 1 aromatic heterocycles. The molecule has 2 rings (SSSR count). The zero-order valence-corrected chi connectivity index (χ0v) is 8.73. The Bertz CT molecular complexity index is 508. The van der Waals surface area contributed by atoms with Crippen molar-refractivity contribution < 1.29 is 9.42 Å². The first-order valence-corrected chi connectivity index (χ1v) is 4.69. The number of amides is 1. The van der Waals surface area contributed by atoms with E-state index in [0.717, 1.165) is 0 Å². The number of nitrogens with one attached hydrogen (secondary N) is 1. The number of carbonyl (C=O) groups excluding carboxylic acids is 1. The molecule has 0 aliphatic heterocycles. The normalized spacial score (nSPS) is 10.1. The first-order chi connectivity index (χ1) is 7.66. The van der Waals surface area contributed by atoms with Crippen LogP contribution in [0.5, 0.6) is 0 Å². The van der Waals surface area contributed by atoms with E-state index in [1.165, 1.54) is 0 Å². The van der Waals surface area contributed by atoms with Crippen molar-refractivity contribution in [3.05, 3.63) is 35.0 Å². The summed E-state index contributed by atoms with van der Waals surface area (Å²) in [6, 6.07) is 6.62. The van der Waals surface area contributed by atoms with Crippen LogP contribution in [0, 0.1) is 0 Å². The monoisotopic (exact) mass is 238 g/mol. The summed E-state index contributed by atoms with van der Waals surface area (Å²) in [5.74, 6) is -0.535. The Labute approximate surface area is 95.3 Å². The quantitative estimate of drug-likeness (QED) is 0.828. The van der Waals surface area contributed by atoms with Gasteiger partial charge in [-0.3, -0.25) is 4.79 Å². The number of carbonyl (C=O) groups is 1. The second-order valence-electron chi connectivity index (χ2n) is 2.96. The molecule has 1 amide bonds. The summed E-state index contributed by atoms with van der Waals surface area (Å²) < 4.78 is 4.32. The molecular formula is C9H7ClN4O2. The molecule has 2 aromatic rings. The highest BCUT2D eigenvalue weighted by molar-refractivity contribution is 6.30. The Morgan fingerprint density at radius 3 is 2.56 bits per heavy atom. The first-order valence-electron chi connectivity index (χ1n) is 4.32. The summed E-state index contributed by atoms with van der Waals surface area (Å²) in [6.07, 6.45) is 0. The fourth-order valence-corrected chi connectivity index (χ4v) is 1.20. The average molecular weight is 239 g/mol. The van der Waals surface area contributed by atoms with Crippen LogP contribution in [0.15, 0.2) is 28.9 Å². The van der Waals surface area contributed by atoms with Gasteiger partial charge >= 0.3 is 0 Å². The van der Waals surface area contributed by atoms with Gasteiger partial charge in [0.05, 0.1) is 0 Å². The fraction of sp³-hybridized carbons (Fsp3) is 0. The van der Waals surface area contributed by atoms with Crippen LogP contribution in [-0.4, -0.2) is 16.2 Å². The molecule has 16 heavy (non-hydrogen) atoms. The summed E-state index contributed by atoms with van der Waals surface area (Å²) >= 11 is 5.70. The molecule has 0 saturated carbocycles. The minimum atomic E-state index is -0.485. The number of benzene rings is 1.